The highest BCUT2D eigenvalue weighted by Crippen LogP contribution is 2.28. The van der Waals surface area contributed by atoms with E-state index < -0.39 is 0 Å². The molecule has 18 heavy (non-hydrogen) atoms. The van der Waals surface area contributed by atoms with Crippen LogP contribution < -0.4 is 0 Å². The van der Waals surface area contributed by atoms with Crippen LogP contribution in [0, 0.1) is 0 Å². The molecule has 0 saturated heterocycles. The van der Waals surface area contributed by atoms with Crippen molar-refractivity contribution in [3.63, 3.8) is 0 Å². The summed E-state index contributed by atoms with van der Waals surface area (Å²) in [5.41, 5.74) is 4.12. The summed E-state index contributed by atoms with van der Waals surface area (Å²) in [5, 5.41) is 8.24. The van der Waals surface area contributed by atoms with Gasteiger partial charge in [0, 0.05) is 23.5 Å². The molecule has 1 aromatic carbocycles. The van der Waals surface area contributed by atoms with E-state index in [1.165, 1.54) is 0 Å². The molecule has 2 aromatic heterocycles. The van der Waals surface area contributed by atoms with E-state index in [-0.39, 0.29) is 0 Å². The Kier molecular flexibility index (Phi) is 2.80. The molecule has 0 fully saturated rings. The zero-order valence-electron chi connectivity index (χ0n) is 9.69. The van der Waals surface area contributed by atoms with Gasteiger partial charge in [-0.05, 0) is 23.8 Å². The normalized spacial score (nSPS) is 10.2. The smallest absolute Gasteiger partial charge is 0.101 e. The summed E-state index contributed by atoms with van der Waals surface area (Å²) in [4.78, 5) is 4.04. The van der Waals surface area contributed by atoms with Crippen LogP contribution in [0.4, 0.5) is 0 Å². The van der Waals surface area contributed by atoms with Crippen LogP contribution in [0.5, 0.6) is 0 Å². The third-order valence-electron chi connectivity index (χ3n) is 2.76. The lowest BCUT2D eigenvalue weighted by Crippen LogP contribution is -1.91. The van der Waals surface area contributed by atoms with Crippen molar-refractivity contribution in [1.29, 1.82) is 0 Å². The van der Waals surface area contributed by atoms with Crippen molar-refractivity contribution < 1.29 is 0 Å². The molecule has 3 nitrogen and oxygen atoms in total. The minimum absolute atomic E-state index is 0.893. The summed E-state index contributed by atoms with van der Waals surface area (Å²) in [6, 6.07) is 16.0. The average Bonchev–Trinajstić information content (AvgIpc) is 2.49. The molecule has 0 N–H and O–H groups in total. The molecule has 2 heterocycles. The Hall–Kier alpha value is -2.55. The Morgan fingerprint density at radius 3 is 2.22 bits per heavy atom. The lowest BCUT2D eigenvalue weighted by atomic mass is 10.0. The van der Waals surface area contributed by atoms with Crippen molar-refractivity contribution in [3.05, 3.63) is 67.1 Å². The molecule has 0 aliphatic carbocycles. The van der Waals surface area contributed by atoms with Gasteiger partial charge in [-0.1, -0.05) is 30.3 Å². The van der Waals surface area contributed by atoms with Gasteiger partial charge in [-0.3, -0.25) is 4.98 Å². The second-order valence-electron chi connectivity index (χ2n) is 3.90. The standard InChI is InChI=1S/C15H11N3/c1-2-4-13(5-3-1)15-14(8-11-17-18-15)12-6-9-16-10-7-12/h1-11H. The quantitative estimate of drug-likeness (QED) is 0.682. The summed E-state index contributed by atoms with van der Waals surface area (Å²) in [5.74, 6) is 0. The number of aromatic nitrogens is 3. The van der Waals surface area contributed by atoms with E-state index in [0.29, 0.717) is 0 Å². The highest BCUT2D eigenvalue weighted by Gasteiger charge is 2.08. The lowest BCUT2D eigenvalue weighted by Gasteiger charge is -2.07. The van der Waals surface area contributed by atoms with Gasteiger partial charge in [0.15, 0.2) is 0 Å². The van der Waals surface area contributed by atoms with Crippen LogP contribution in [0.3, 0.4) is 0 Å². The van der Waals surface area contributed by atoms with Gasteiger partial charge in [0.25, 0.3) is 0 Å². The van der Waals surface area contributed by atoms with Crippen LogP contribution in [0.2, 0.25) is 0 Å². The fraction of sp³-hybridized carbons (Fsp3) is 0. The van der Waals surface area contributed by atoms with Crippen molar-refractivity contribution in [2.75, 3.05) is 0 Å². The zero-order chi connectivity index (χ0) is 12.2. The Bertz CT molecular complexity index is 578. The number of rotatable bonds is 2. The van der Waals surface area contributed by atoms with Gasteiger partial charge in [0.05, 0.1) is 6.20 Å². The first kappa shape index (κ1) is 10.6. The molecule has 0 unspecified atom stereocenters. The molecule has 3 rings (SSSR count). The van der Waals surface area contributed by atoms with E-state index >= 15 is 0 Å². The second-order valence-corrected chi connectivity index (χ2v) is 3.90. The van der Waals surface area contributed by atoms with E-state index in [1.807, 2.05) is 48.5 Å². The van der Waals surface area contributed by atoms with Gasteiger partial charge in [0.1, 0.15) is 5.69 Å². The third kappa shape index (κ3) is 1.98. The highest BCUT2D eigenvalue weighted by atomic mass is 15.1. The zero-order valence-corrected chi connectivity index (χ0v) is 9.69. The first-order chi connectivity index (χ1) is 8.95. The number of hydrogen-bond acceptors (Lipinski definition) is 3. The molecule has 0 atom stereocenters. The summed E-state index contributed by atoms with van der Waals surface area (Å²) in [6.07, 6.45) is 5.28. The third-order valence-corrected chi connectivity index (χ3v) is 2.76. The number of pyridine rings is 1. The van der Waals surface area contributed by atoms with Crippen molar-refractivity contribution in [2.45, 2.75) is 0 Å². The minimum Gasteiger partial charge on any atom is -0.265 e. The second kappa shape index (κ2) is 4.75. The molecule has 0 saturated carbocycles. The molecular formula is C15H11N3. The van der Waals surface area contributed by atoms with E-state index in [0.717, 1.165) is 22.4 Å². The molecule has 3 heteroatoms. The molecule has 0 radical (unpaired) electrons. The first-order valence-corrected chi connectivity index (χ1v) is 5.72. The van der Waals surface area contributed by atoms with Gasteiger partial charge < -0.3 is 0 Å². The topological polar surface area (TPSA) is 38.7 Å². The Labute approximate surface area is 105 Å². The monoisotopic (exact) mass is 233 g/mol. The van der Waals surface area contributed by atoms with Crippen molar-refractivity contribution in [3.8, 4) is 22.4 Å². The highest BCUT2D eigenvalue weighted by molar-refractivity contribution is 5.79. The van der Waals surface area contributed by atoms with Crippen molar-refractivity contribution >= 4 is 0 Å². The van der Waals surface area contributed by atoms with Crippen LogP contribution in [0.15, 0.2) is 67.1 Å². The van der Waals surface area contributed by atoms with Crippen LogP contribution in [0.25, 0.3) is 22.4 Å². The van der Waals surface area contributed by atoms with Gasteiger partial charge >= 0.3 is 0 Å². The van der Waals surface area contributed by atoms with E-state index in [9.17, 15) is 0 Å². The molecule has 0 spiro atoms. The van der Waals surface area contributed by atoms with Crippen LogP contribution in [0.1, 0.15) is 0 Å². The summed E-state index contributed by atoms with van der Waals surface area (Å²) in [7, 11) is 0. The minimum atomic E-state index is 0.893. The molecule has 0 amide bonds. The van der Waals surface area contributed by atoms with Crippen LogP contribution in [-0.2, 0) is 0 Å². The Morgan fingerprint density at radius 1 is 0.667 bits per heavy atom. The van der Waals surface area contributed by atoms with Crippen LogP contribution >= 0.6 is 0 Å². The number of nitrogens with zero attached hydrogens (tertiary/aromatic N) is 3. The SMILES string of the molecule is c1ccc(-c2nnccc2-c2ccncc2)cc1. The molecule has 0 bridgehead atoms. The van der Waals surface area contributed by atoms with Gasteiger partial charge in [-0.25, -0.2) is 0 Å². The maximum Gasteiger partial charge on any atom is 0.101 e. The van der Waals surface area contributed by atoms with E-state index in [2.05, 4.69) is 15.2 Å². The molecule has 0 aliphatic rings. The Balaban J connectivity index is 2.18. The predicted octanol–water partition coefficient (Wildman–Crippen LogP) is 3.21. The van der Waals surface area contributed by atoms with Crippen molar-refractivity contribution in [2.24, 2.45) is 0 Å². The first-order valence-electron chi connectivity index (χ1n) is 5.72. The average molecular weight is 233 g/mol. The maximum absolute atomic E-state index is 4.25. The summed E-state index contributed by atoms with van der Waals surface area (Å²) >= 11 is 0. The number of benzene rings is 1. The van der Waals surface area contributed by atoms with Crippen molar-refractivity contribution in [1.82, 2.24) is 15.2 Å². The molecule has 86 valence electrons. The van der Waals surface area contributed by atoms with E-state index in [4.69, 9.17) is 0 Å². The van der Waals surface area contributed by atoms with E-state index in [1.54, 1.807) is 18.6 Å². The van der Waals surface area contributed by atoms with Crippen LogP contribution in [-0.4, -0.2) is 15.2 Å². The summed E-state index contributed by atoms with van der Waals surface area (Å²) in [6.45, 7) is 0. The summed E-state index contributed by atoms with van der Waals surface area (Å²) < 4.78 is 0. The predicted molar refractivity (Wildman–Crippen MR) is 70.7 cm³/mol. The molecule has 3 aromatic rings. The van der Waals surface area contributed by atoms with Gasteiger partial charge in [-0.15, -0.1) is 5.10 Å². The molecular weight excluding hydrogens is 222 g/mol. The Morgan fingerprint density at radius 2 is 1.44 bits per heavy atom. The maximum atomic E-state index is 4.25. The van der Waals surface area contributed by atoms with Gasteiger partial charge in [-0.2, -0.15) is 5.10 Å². The molecule has 0 aliphatic heterocycles. The fourth-order valence-electron chi connectivity index (χ4n) is 1.91. The largest absolute Gasteiger partial charge is 0.265 e. The fourth-order valence-corrected chi connectivity index (χ4v) is 1.91. The lowest BCUT2D eigenvalue weighted by molar-refractivity contribution is 1.04. The number of hydrogen-bond donors (Lipinski definition) is 0. The van der Waals surface area contributed by atoms with Gasteiger partial charge in [0.2, 0.25) is 0 Å².